The number of hydrogen-bond acceptors (Lipinski definition) is 2. The number of halogens is 1. The maximum Gasteiger partial charge on any atom is 0.0589 e. The molecular weight excluding hydrogens is 266 g/mol. The second-order valence-corrected chi connectivity index (χ2v) is 6.24. The molecule has 16 heavy (non-hydrogen) atoms. The van der Waals surface area contributed by atoms with Crippen molar-refractivity contribution in [1.29, 1.82) is 0 Å². The first-order chi connectivity index (χ1) is 7.71. The van der Waals surface area contributed by atoms with Gasteiger partial charge in [-0.1, -0.05) is 15.9 Å². The average molecular weight is 290 g/mol. The Hall–Kier alpha value is 0.400. The summed E-state index contributed by atoms with van der Waals surface area (Å²) < 4.78 is 5.24. The van der Waals surface area contributed by atoms with Gasteiger partial charge in [-0.2, -0.15) is 0 Å². The largest absolute Gasteiger partial charge is 0.383 e. The highest BCUT2D eigenvalue weighted by Crippen LogP contribution is 2.48. The lowest BCUT2D eigenvalue weighted by atomic mass is 10.1. The van der Waals surface area contributed by atoms with E-state index in [1.165, 1.54) is 37.6 Å². The van der Waals surface area contributed by atoms with Gasteiger partial charge in [0.2, 0.25) is 0 Å². The highest BCUT2D eigenvalue weighted by Gasteiger charge is 2.44. The molecule has 0 aromatic rings. The quantitative estimate of drug-likeness (QED) is 0.637. The van der Waals surface area contributed by atoms with Crippen molar-refractivity contribution in [3.05, 3.63) is 0 Å². The molecule has 0 N–H and O–H groups in total. The van der Waals surface area contributed by atoms with E-state index >= 15 is 0 Å². The Balaban J connectivity index is 1.85. The summed E-state index contributed by atoms with van der Waals surface area (Å²) >= 11 is 3.67. The third-order valence-electron chi connectivity index (χ3n) is 4.24. The number of nitrogens with zero attached hydrogens (tertiary/aromatic N) is 1. The summed E-state index contributed by atoms with van der Waals surface area (Å²) in [6, 6.07) is 0.756. The fourth-order valence-electron chi connectivity index (χ4n) is 2.45. The molecule has 0 bridgehead atoms. The third-order valence-corrected chi connectivity index (χ3v) is 5.43. The second kappa shape index (κ2) is 5.36. The van der Waals surface area contributed by atoms with Gasteiger partial charge in [0.15, 0.2) is 0 Å². The molecule has 0 amide bonds. The molecule has 2 nitrogen and oxygen atoms in total. The van der Waals surface area contributed by atoms with Crippen molar-refractivity contribution in [2.45, 2.75) is 38.6 Å². The predicted octanol–water partition coefficient (Wildman–Crippen LogP) is 2.91. The van der Waals surface area contributed by atoms with Crippen molar-refractivity contribution >= 4 is 15.9 Å². The van der Waals surface area contributed by atoms with Gasteiger partial charge in [0.25, 0.3) is 0 Å². The second-order valence-electron chi connectivity index (χ2n) is 5.67. The topological polar surface area (TPSA) is 12.5 Å². The highest BCUT2D eigenvalue weighted by atomic mass is 79.9. The van der Waals surface area contributed by atoms with E-state index < -0.39 is 0 Å². The number of rotatable bonds is 8. The summed E-state index contributed by atoms with van der Waals surface area (Å²) in [7, 11) is 1.80. The van der Waals surface area contributed by atoms with Crippen molar-refractivity contribution < 1.29 is 4.74 Å². The molecule has 2 aliphatic rings. The van der Waals surface area contributed by atoms with Gasteiger partial charge in [0, 0.05) is 31.6 Å². The molecule has 3 heteroatoms. The summed E-state index contributed by atoms with van der Waals surface area (Å²) in [5.41, 5.74) is 0.594. The van der Waals surface area contributed by atoms with E-state index in [0.29, 0.717) is 5.41 Å². The first-order valence-electron chi connectivity index (χ1n) is 6.50. The Morgan fingerprint density at radius 1 is 1.44 bits per heavy atom. The molecule has 2 rings (SSSR count). The summed E-state index contributed by atoms with van der Waals surface area (Å²) in [5.74, 6) is 0.961. The van der Waals surface area contributed by atoms with Crippen LogP contribution in [0.1, 0.15) is 32.6 Å². The molecule has 2 fully saturated rings. The Bertz CT molecular complexity index is 226. The molecule has 0 heterocycles. The Kier molecular flexibility index (Phi) is 4.31. The van der Waals surface area contributed by atoms with Crippen molar-refractivity contribution in [2.75, 3.05) is 32.1 Å². The van der Waals surface area contributed by atoms with Crippen LogP contribution in [0.5, 0.6) is 0 Å². The molecule has 0 radical (unpaired) electrons. The van der Waals surface area contributed by atoms with Gasteiger partial charge in [-0.3, -0.25) is 4.90 Å². The Labute approximate surface area is 108 Å². The van der Waals surface area contributed by atoms with Gasteiger partial charge in [-0.05, 0) is 43.9 Å². The lowest BCUT2D eigenvalue weighted by Crippen LogP contribution is -2.41. The van der Waals surface area contributed by atoms with E-state index in [9.17, 15) is 0 Å². The van der Waals surface area contributed by atoms with E-state index in [1.807, 2.05) is 0 Å². The zero-order valence-electron chi connectivity index (χ0n) is 10.5. The fourth-order valence-corrected chi connectivity index (χ4v) is 3.19. The minimum Gasteiger partial charge on any atom is -0.383 e. The number of methoxy groups -OCH3 is 1. The van der Waals surface area contributed by atoms with Gasteiger partial charge in [0.05, 0.1) is 6.61 Å². The van der Waals surface area contributed by atoms with Crippen molar-refractivity contribution in [2.24, 2.45) is 11.3 Å². The molecule has 1 unspecified atom stereocenters. The molecule has 1 atom stereocenters. The number of hydrogen-bond donors (Lipinski definition) is 0. The monoisotopic (exact) mass is 289 g/mol. The van der Waals surface area contributed by atoms with Crippen LogP contribution in [0.4, 0.5) is 0 Å². The van der Waals surface area contributed by atoms with Crippen LogP contribution in [-0.4, -0.2) is 43.1 Å². The summed E-state index contributed by atoms with van der Waals surface area (Å²) in [5, 5.41) is 1.17. The molecule has 2 saturated carbocycles. The van der Waals surface area contributed by atoms with Gasteiger partial charge in [-0.25, -0.2) is 0 Å². The SMILES string of the molecule is COCCN(CC1(CBr)CC1)C(C)C1CC1. The van der Waals surface area contributed by atoms with Crippen molar-refractivity contribution in [1.82, 2.24) is 4.90 Å². The zero-order valence-corrected chi connectivity index (χ0v) is 12.1. The van der Waals surface area contributed by atoms with E-state index in [0.717, 1.165) is 25.1 Å². The summed E-state index contributed by atoms with van der Waals surface area (Å²) in [6.07, 6.45) is 5.68. The average Bonchev–Trinajstić information content (AvgIpc) is 3.17. The molecule has 2 aliphatic carbocycles. The minimum atomic E-state index is 0.594. The van der Waals surface area contributed by atoms with Gasteiger partial charge in [-0.15, -0.1) is 0 Å². The fraction of sp³-hybridized carbons (Fsp3) is 1.00. The highest BCUT2D eigenvalue weighted by molar-refractivity contribution is 9.09. The predicted molar refractivity (Wildman–Crippen MR) is 71.1 cm³/mol. The van der Waals surface area contributed by atoms with E-state index in [-0.39, 0.29) is 0 Å². The summed E-state index contributed by atoms with van der Waals surface area (Å²) in [6.45, 7) is 5.63. The molecule has 0 aromatic carbocycles. The van der Waals surface area contributed by atoms with Crippen LogP contribution >= 0.6 is 15.9 Å². The van der Waals surface area contributed by atoms with E-state index in [4.69, 9.17) is 4.74 Å². The van der Waals surface area contributed by atoms with Crippen LogP contribution in [0.3, 0.4) is 0 Å². The molecule has 94 valence electrons. The van der Waals surface area contributed by atoms with Gasteiger partial charge >= 0.3 is 0 Å². The van der Waals surface area contributed by atoms with Crippen molar-refractivity contribution in [3.8, 4) is 0 Å². The third kappa shape index (κ3) is 3.21. The van der Waals surface area contributed by atoms with Gasteiger partial charge in [0.1, 0.15) is 0 Å². The smallest absolute Gasteiger partial charge is 0.0589 e. The van der Waals surface area contributed by atoms with Crippen molar-refractivity contribution in [3.63, 3.8) is 0 Å². The Morgan fingerprint density at radius 2 is 2.12 bits per heavy atom. The number of ether oxygens (including phenoxy) is 1. The van der Waals surface area contributed by atoms with Gasteiger partial charge < -0.3 is 4.74 Å². The van der Waals surface area contributed by atoms with Crippen LogP contribution in [0.2, 0.25) is 0 Å². The normalized spacial score (nSPS) is 24.8. The maximum absolute atomic E-state index is 5.24. The molecule has 0 aliphatic heterocycles. The first-order valence-corrected chi connectivity index (χ1v) is 7.62. The lowest BCUT2D eigenvalue weighted by molar-refractivity contribution is 0.102. The maximum atomic E-state index is 5.24. The molecule has 0 aromatic heterocycles. The molecule has 0 saturated heterocycles. The van der Waals surface area contributed by atoms with Crippen LogP contribution < -0.4 is 0 Å². The van der Waals surface area contributed by atoms with Crippen LogP contribution in [0.25, 0.3) is 0 Å². The summed E-state index contributed by atoms with van der Waals surface area (Å²) in [4.78, 5) is 2.66. The first kappa shape index (κ1) is 12.8. The van der Waals surface area contributed by atoms with Crippen LogP contribution in [-0.2, 0) is 4.74 Å². The van der Waals surface area contributed by atoms with Crippen LogP contribution in [0.15, 0.2) is 0 Å². The molecular formula is C13H24BrNO. The standard InChI is InChI=1S/C13H24BrNO/c1-11(12-3-4-12)15(7-8-16-2)10-13(9-14)5-6-13/h11-12H,3-10H2,1-2H3. The van der Waals surface area contributed by atoms with Crippen LogP contribution in [0, 0.1) is 11.3 Å². The minimum absolute atomic E-state index is 0.594. The lowest BCUT2D eigenvalue weighted by Gasteiger charge is -2.32. The van der Waals surface area contributed by atoms with E-state index in [1.54, 1.807) is 7.11 Å². The Morgan fingerprint density at radius 3 is 2.56 bits per heavy atom. The number of alkyl halides is 1. The molecule has 0 spiro atoms. The van der Waals surface area contributed by atoms with E-state index in [2.05, 4.69) is 27.8 Å². The zero-order chi connectivity index (χ0) is 11.6.